The van der Waals surface area contributed by atoms with E-state index in [0.29, 0.717) is 5.69 Å². The van der Waals surface area contributed by atoms with E-state index in [1.807, 2.05) is 0 Å². The second-order valence-electron chi connectivity index (χ2n) is 10.1. The predicted molar refractivity (Wildman–Crippen MR) is 143 cm³/mol. The largest absolute Gasteiger partial charge is 0.495 e. The van der Waals surface area contributed by atoms with Gasteiger partial charge in [0.2, 0.25) is 5.60 Å². The number of aromatic nitrogens is 1. The third kappa shape index (κ3) is 6.33. The number of carbonyl (C=O) groups excluding carboxylic acids is 1. The molecule has 2 unspecified atom stereocenters. The number of hydrogen-bond donors (Lipinski definition) is 5. The van der Waals surface area contributed by atoms with Gasteiger partial charge in [0.25, 0.3) is 5.91 Å². The van der Waals surface area contributed by atoms with Crippen molar-refractivity contribution in [2.45, 2.75) is 30.4 Å². The fourth-order valence-corrected chi connectivity index (χ4v) is 4.44. The first-order chi connectivity index (χ1) is 20.0. The fourth-order valence-electron chi connectivity index (χ4n) is 4.44. The number of anilines is 1. The smallest absolute Gasteiger partial charge is 0.424 e. The number of hydrogen-bond acceptors (Lipinski definition) is 8. The normalized spacial score (nSPS) is 17.9. The van der Waals surface area contributed by atoms with Gasteiger partial charge >= 0.3 is 12.4 Å². The van der Waals surface area contributed by atoms with E-state index in [4.69, 9.17) is 20.3 Å². The molecule has 2 heterocycles. The molecule has 0 radical (unpaired) electrons. The van der Waals surface area contributed by atoms with Crippen molar-refractivity contribution in [3.8, 4) is 22.8 Å². The lowest BCUT2D eigenvalue weighted by atomic mass is 9.89. The molecule has 9 nitrogen and oxygen atoms in total. The molecular formula is C28H28F6N4O5. The molecule has 232 valence electrons. The number of ether oxygens (including phenoxy) is 2. The van der Waals surface area contributed by atoms with Crippen LogP contribution in [0.15, 0.2) is 48.5 Å². The first-order valence-electron chi connectivity index (χ1n) is 12.8. The molecule has 3 aromatic rings. The molecule has 43 heavy (non-hydrogen) atoms. The summed E-state index contributed by atoms with van der Waals surface area (Å²) in [4.78, 5) is 16.9. The van der Waals surface area contributed by atoms with Crippen molar-refractivity contribution in [1.29, 1.82) is 0 Å². The van der Waals surface area contributed by atoms with Gasteiger partial charge in [-0.05, 0) is 43.3 Å². The van der Waals surface area contributed by atoms with Crippen LogP contribution >= 0.6 is 0 Å². The van der Waals surface area contributed by atoms with E-state index < -0.39 is 47.2 Å². The SMILES string of the molecule is COc1cc(C(=O)NCC(O)(c2cc3c(c(-c4ccc(C(F)(F)F)cc4)n2)OCC3(C)N)C(F)(F)F)ccc1NCCO. The van der Waals surface area contributed by atoms with E-state index >= 15 is 0 Å². The summed E-state index contributed by atoms with van der Waals surface area (Å²) in [6.07, 6.45) is -10.0. The van der Waals surface area contributed by atoms with E-state index in [2.05, 4.69) is 15.6 Å². The number of amides is 1. The first kappa shape index (κ1) is 31.8. The molecule has 1 aliphatic rings. The van der Waals surface area contributed by atoms with Crippen LogP contribution in [0.4, 0.5) is 32.0 Å². The zero-order chi connectivity index (χ0) is 31.8. The molecule has 0 spiro atoms. The quantitative estimate of drug-likeness (QED) is 0.229. The zero-order valence-corrected chi connectivity index (χ0v) is 22.9. The number of nitrogens with two attached hydrogens (primary N) is 1. The maximum Gasteiger partial charge on any atom is 0.424 e. The van der Waals surface area contributed by atoms with Crippen LogP contribution in [0.25, 0.3) is 11.3 Å². The third-order valence-corrected chi connectivity index (χ3v) is 6.88. The molecule has 0 aliphatic carbocycles. The summed E-state index contributed by atoms with van der Waals surface area (Å²) in [5.74, 6) is -0.842. The molecule has 0 fully saturated rings. The number of fused-ring (bicyclic) bond motifs is 1. The highest BCUT2D eigenvalue weighted by Gasteiger charge is 2.57. The molecule has 2 aromatic carbocycles. The van der Waals surface area contributed by atoms with E-state index in [0.717, 1.165) is 30.3 Å². The molecule has 1 aliphatic heterocycles. The van der Waals surface area contributed by atoms with Crippen molar-refractivity contribution < 1.29 is 50.8 Å². The topological polar surface area (TPSA) is 139 Å². The number of benzene rings is 2. The van der Waals surface area contributed by atoms with Crippen molar-refractivity contribution in [2.24, 2.45) is 5.73 Å². The number of aliphatic hydroxyl groups is 2. The van der Waals surface area contributed by atoms with Crippen LogP contribution in [-0.4, -0.2) is 60.7 Å². The number of alkyl halides is 6. The van der Waals surface area contributed by atoms with Gasteiger partial charge in [-0.15, -0.1) is 0 Å². The average Bonchev–Trinajstić information content (AvgIpc) is 3.27. The van der Waals surface area contributed by atoms with Crippen LogP contribution in [-0.2, 0) is 17.3 Å². The van der Waals surface area contributed by atoms with Crippen LogP contribution in [0.3, 0.4) is 0 Å². The van der Waals surface area contributed by atoms with Crippen molar-refractivity contribution in [3.63, 3.8) is 0 Å². The second-order valence-corrected chi connectivity index (χ2v) is 10.1. The lowest BCUT2D eigenvalue weighted by Crippen LogP contribution is -2.51. The highest BCUT2D eigenvalue weighted by molar-refractivity contribution is 5.95. The number of halogens is 6. The number of aliphatic hydroxyl groups excluding tert-OH is 1. The van der Waals surface area contributed by atoms with Gasteiger partial charge in [0.15, 0.2) is 5.75 Å². The Morgan fingerprint density at radius 3 is 2.37 bits per heavy atom. The number of nitrogens with zero attached hydrogens (tertiary/aromatic N) is 1. The Bertz CT molecular complexity index is 1490. The van der Waals surface area contributed by atoms with Gasteiger partial charge in [-0.2, -0.15) is 26.3 Å². The van der Waals surface area contributed by atoms with Gasteiger partial charge in [-0.1, -0.05) is 12.1 Å². The van der Waals surface area contributed by atoms with Gasteiger partial charge < -0.3 is 36.1 Å². The number of nitrogens with one attached hydrogen (secondary N) is 2. The standard InChI is InChI=1S/C28H28F6N4O5/c1-25(35)14-43-23-18(25)12-21(38-22(23)15-3-6-17(7-4-15)27(29,30)31)26(41,28(32,33)34)13-37-24(40)16-5-8-19(36-9-10-39)20(11-16)42-2/h3-8,11-12,36,39,41H,9-10,13-14,35H2,1-2H3,(H,37,40). The minimum atomic E-state index is -5.38. The Hall–Kier alpha value is -4.08. The van der Waals surface area contributed by atoms with Gasteiger partial charge in [0.1, 0.15) is 18.1 Å². The van der Waals surface area contributed by atoms with Crippen LogP contribution in [0, 0.1) is 0 Å². The van der Waals surface area contributed by atoms with Crippen LogP contribution < -0.4 is 25.8 Å². The molecule has 1 aromatic heterocycles. The summed E-state index contributed by atoms with van der Waals surface area (Å²) in [6, 6.07) is 8.42. The summed E-state index contributed by atoms with van der Waals surface area (Å²) >= 11 is 0. The van der Waals surface area contributed by atoms with Gasteiger partial charge in [0, 0.05) is 23.2 Å². The minimum Gasteiger partial charge on any atom is -0.495 e. The Labute approximate surface area is 241 Å². The molecule has 15 heteroatoms. The molecular weight excluding hydrogens is 586 g/mol. The molecule has 0 saturated heterocycles. The zero-order valence-electron chi connectivity index (χ0n) is 22.9. The molecule has 2 atom stereocenters. The molecule has 1 amide bonds. The highest BCUT2D eigenvalue weighted by atomic mass is 19.4. The molecule has 6 N–H and O–H groups in total. The van der Waals surface area contributed by atoms with Gasteiger partial charge in [-0.3, -0.25) is 4.79 Å². The van der Waals surface area contributed by atoms with Crippen LogP contribution in [0.5, 0.6) is 11.5 Å². The Morgan fingerprint density at radius 1 is 1.12 bits per heavy atom. The van der Waals surface area contributed by atoms with E-state index in [-0.39, 0.29) is 53.6 Å². The van der Waals surface area contributed by atoms with Crippen LogP contribution in [0.1, 0.15) is 34.1 Å². The van der Waals surface area contributed by atoms with E-state index in [1.54, 1.807) is 0 Å². The summed E-state index contributed by atoms with van der Waals surface area (Å²) < 4.78 is 93.7. The summed E-state index contributed by atoms with van der Waals surface area (Å²) in [6.45, 7) is -0.0837. The maximum atomic E-state index is 14.5. The average molecular weight is 615 g/mol. The van der Waals surface area contributed by atoms with Gasteiger partial charge in [0.05, 0.1) is 42.7 Å². The second kappa shape index (κ2) is 11.5. The summed E-state index contributed by atoms with van der Waals surface area (Å²) in [5, 5.41) is 25.0. The van der Waals surface area contributed by atoms with Crippen molar-refractivity contribution in [2.75, 3.05) is 38.7 Å². The van der Waals surface area contributed by atoms with Gasteiger partial charge in [-0.25, -0.2) is 4.98 Å². The van der Waals surface area contributed by atoms with Crippen LogP contribution in [0.2, 0.25) is 0 Å². The lowest BCUT2D eigenvalue weighted by molar-refractivity contribution is -0.265. The number of rotatable bonds is 9. The maximum absolute atomic E-state index is 14.5. The molecule has 0 bridgehead atoms. The monoisotopic (exact) mass is 614 g/mol. The summed E-state index contributed by atoms with van der Waals surface area (Å²) in [7, 11) is 1.31. The number of pyridine rings is 1. The Morgan fingerprint density at radius 2 is 1.79 bits per heavy atom. The van der Waals surface area contributed by atoms with Crippen molar-refractivity contribution in [1.82, 2.24) is 10.3 Å². The van der Waals surface area contributed by atoms with Crippen molar-refractivity contribution in [3.05, 3.63) is 70.9 Å². The molecule has 0 saturated carbocycles. The molecule has 4 rings (SSSR count). The summed E-state index contributed by atoms with van der Waals surface area (Å²) in [5.41, 5.74) is -0.677. The first-order valence-corrected chi connectivity index (χ1v) is 12.8. The van der Waals surface area contributed by atoms with E-state index in [9.17, 15) is 36.2 Å². The Kier molecular flexibility index (Phi) is 8.55. The minimum absolute atomic E-state index is 0.0145. The fraction of sp³-hybridized carbons (Fsp3) is 0.357. The lowest BCUT2D eigenvalue weighted by Gasteiger charge is -2.31. The number of carbonyl (C=O) groups is 1. The Balaban J connectivity index is 1.73. The predicted octanol–water partition coefficient (Wildman–Crippen LogP) is 3.93. The number of methoxy groups -OCH3 is 1. The van der Waals surface area contributed by atoms with E-state index in [1.165, 1.54) is 32.2 Å². The van der Waals surface area contributed by atoms with Crippen molar-refractivity contribution >= 4 is 11.6 Å². The third-order valence-electron chi connectivity index (χ3n) is 6.88. The highest BCUT2D eigenvalue weighted by Crippen LogP contribution is 2.46.